The summed E-state index contributed by atoms with van der Waals surface area (Å²) in [5, 5.41) is 0. The number of hydrogen-bond donors (Lipinski definition) is 0. The van der Waals surface area contributed by atoms with Crippen molar-refractivity contribution in [1.29, 1.82) is 0 Å². The highest BCUT2D eigenvalue weighted by molar-refractivity contribution is 5.87. The van der Waals surface area contributed by atoms with E-state index in [4.69, 9.17) is 0 Å². The Kier molecular flexibility index (Phi) is 3.79. The van der Waals surface area contributed by atoms with Crippen molar-refractivity contribution >= 4 is 5.78 Å². The fourth-order valence-electron chi connectivity index (χ4n) is 1.88. The standard InChI is InChI=1S/C17H19NO/c1-17(2,3)16(19)12-13-8-4-5-9-14(13)15-10-6-7-11-18-15/h4-11H,12H2,1-3H3. The summed E-state index contributed by atoms with van der Waals surface area (Å²) in [6, 6.07) is 13.8. The highest BCUT2D eigenvalue weighted by Gasteiger charge is 2.22. The first-order valence-corrected chi connectivity index (χ1v) is 6.51. The zero-order valence-electron chi connectivity index (χ0n) is 11.7. The smallest absolute Gasteiger partial charge is 0.142 e. The molecule has 0 N–H and O–H groups in total. The Hall–Kier alpha value is -1.96. The molecule has 0 spiro atoms. The first-order valence-electron chi connectivity index (χ1n) is 6.51. The van der Waals surface area contributed by atoms with Crippen molar-refractivity contribution in [2.45, 2.75) is 27.2 Å². The lowest BCUT2D eigenvalue weighted by Gasteiger charge is -2.17. The molecule has 1 aromatic carbocycles. The van der Waals surface area contributed by atoms with Gasteiger partial charge in [-0.05, 0) is 17.7 Å². The second kappa shape index (κ2) is 5.35. The molecule has 0 fully saturated rings. The Balaban J connectivity index is 2.35. The van der Waals surface area contributed by atoms with E-state index in [1.165, 1.54) is 0 Å². The summed E-state index contributed by atoms with van der Waals surface area (Å²) >= 11 is 0. The molecule has 2 nitrogen and oxygen atoms in total. The molecule has 0 saturated carbocycles. The van der Waals surface area contributed by atoms with E-state index in [9.17, 15) is 4.79 Å². The summed E-state index contributed by atoms with van der Waals surface area (Å²) in [5.41, 5.74) is 2.69. The van der Waals surface area contributed by atoms with Crippen LogP contribution in [0.5, 0.6) is 0 Å². The number of nitrogens with zero attached hydrogens (tertiary/aromatic N) is 1. The summed E-state index contributed by atoms with van der Waals surface area (Å²) in [6.45, 7) is 5.87. The van der Waals surface area contributed by atoms with Gasteiger partial charge in [0.2, 0.25) is 0 Å². The summed E-state index contributed by atoms with van der Waals surface area (Å²) in [6.07, 6.45) is 2.23. The topological polar surface area (TPSA) is 30.0 Å². The molecule has 0 aliphatic carbocycles. The second-order valence-electron chi connectivity index (χ2n) is 5.72. The summed E-state index contributed by atoms with van der Waals surface area (Å²) < 4.78 is 0. The molecular formula is C17H19NO. The van der Waals surface area contributed by atoms with Crippen molar-refractivity contribution in [2.24, 2.45) is 5.41 Å². The fourth-order valence-corrected chi connectivity index (χ4v) is 1.88. The Labute approximate surface area is 114 Å². The summed E-state index contributed by atoms with van der Waals surface area (Å²) in [4.78, 5) is 16.6. The van der Waals surface area contributed by atoms with Crippen LogP contribution in [0.1, 0.15) is 26.3 Å². The maximum absolute atomic E-state index is 12.2. The zero-order valence-corrected chi connectivity index (χ0v) is 11.7. The van der Waals surface area contributed by atoms with Gasteiger partial charge in [0.1, 0.15) is 5.78 Å². The first-order chi connectivity index (χ1) is 8.98. The Morgan fingerprint density at radius 3 is 2.37 bits per heavy atom. The van der Waals surface area contributed by atoms with E-state index < -0.39 is 0 Å². The van der Waals surface area contributed by atoms with Gasteiger partial charge in [-0.2, -0.15) is 0 Å². The van der Waals surface area contributed by atoms with Gasteiger partial charge in [0.25, 0.3) is 0 Å². The number of ketones is 1. The van der Waals surface area contributed by atoms with Gasteiger partial charge >= 0.3 is 0 Å². The normalized spacial score (nSPS) is 11.3. The third-order valence-electron chi connectivity index (χ3n) is 3.15. The third kappa shape index (κ3) is 3.28. The van der Waals surface area contributed by atoms with Crippen LogP contribution in [0.3, 0.4) is 0 Å². The molecule has 2 rings (SSSR count). The minimum Gasteiger partial charge on any atom is -0.299 e. The van der Waals surface area contributed by atoms with E-state index in [2.05, 4.69) is 4.98 Å². The van der Waals surface area contributed by atoms with Crippen LogP contribution >= 0.6 is 0 Å². The molecule has 1 aromatic heterocycles. The molecular weight excluding hydrogens is 234 g/mol. The van der Waals surface area contributed by atoms with Gasteiger partial charge in [-0.15, -0.1) is 0 Å². The van der Waals surface area contributed by atoms with Crippen LogP contribution in [0.15, 0.2) is 48.7 Å². The number of Topliss-reactive ketones (excluding diaryl/α,β-unsaturated/α-hetero) is 1. The number of aromatic nitrogens is 1. The number of carbonyl (C=O) groups is 1. The predicted molar refractivity (Wildman–Crippen MR) is 77.8 cm³/mol. The van der Waals surface area contributed by atoms with Gasteiger partial charge in [0.05, 0.1) is 5.69 Å². The molecule has 0 unspecified atom stereocenters. The molecule has 1 heterocycles. The van der Waals surface area contributed by atoms with Gasteiger partial charge in [-0.3, -0.25) is 9.78 Å². The van der Waals surface area contributed by atoms with Crippen LogP contribution in [0, 0.1) is 5.41 Å². The Morgan fingerprint density at radius 2 is 1.74 bits per heavy atom. The molecule has 2 heteroatoms. The summed E-state index contributed by atoms with van der Waals surface area (Å²) in [7, 11) is 0. The lowest BCUT2D eigenvalue weighted by Crippen LogP contribution is -2.22. The van der Waals surface area contributed by atoms with Gasteiger partial charge in [0, 0.05) is 23.6 Å². The van der Waals surface area contributed by atoms with Gasteiger partial charge in [-0.1, -0.05) is 51.1 Å². The van der Waals surface area contributed by atoms with Crippen molar-refractivity contribution in [3.05, 3.63) is 54.2 Å². The van der Waals surface area contributed by atoms with E-state index in [-0.39, 0.29) is 11.2 Å². The minimum atomic E-state index is -0.308. The van der Waals surface area contributed by atoms with Crippen molar-refractivity contribution in [3.63, 3.8) is 0 Å². The quantitative estimate of drug-likeness (QED) is 0.830. The summed E-state index contributed by atoms with van der Waals surface area (Å²) in [5.74, 6) is 0.246. The minimum absolute atomic E-state index is 0.246. The van der Waals surface area contributed by atoms with E-state index in [1.807, 2.05) is 63.2 Å². The largest absolute Gasteiger partial charge is 0.299 e. The van der Waals surface area contributed by atoms with Crippen LogP contribution in [0.25, 0.3) is 11.3 Å². The number of benzene rings is 1. The maximum Gasteiger partial charge on any atom is 0.142 e. The van der Waals surface area contributed by atoms with Crippen molar-refractivity contribution < 1.29 is 4.79 Å². The molecule has 0 atom stereocenters. The van der Waals surface area contributed by atoms with E-state index in [0.29, 0.717) is 6.42 Å². The molecule has 0 amide bonds. The maximum atomic E-state index is 12.2. The van der Waals surface area contributed by atoms with Crippen molar-refractivity contribution in [1.82, 2.24) is 4.98 Å². The highest BCUT2D eigenvalue weighted by Crippen LogP contribution is 2.25. The van der Waals surface area contributed by atoms with Crippen LogP contribution in [-0.4, -0.2) is 10.8 Å². The van der Waals surface area contributed by atoms with E-state index >= 15 is 0 Å². The van der Waals surface area contributed by atoms with E-state index in [0.717, 1.165) is 16.8 Å². The lowest BCUT2D eigenvalue weighted by molar-refractivity contribution is -0.125. The monoisotopic (exact) mass is 253 g/mol. The highest BCUT2D eigenvalue weighted by atomic mass is 16.1. The number of carbonyl (C=O) groups excluding carboxylic acids is 1. The average Bonchev–Trinajstić information content (AvgIpc) is 2.39. The van der Waals surface area contributed by atoms with Crippen LogP contribution in [0.2, 0.25) is 0 Å². The number of hydrogen-bond acceptors (Lipinski definition) is 2. The molecule has 0 saturated heterocycles. The van der Waals surface area contributed by atoms with Gasteiger partial charge in [0.15, 0.2) is 0 Å². The van der Waals surface area contributed by atoms with Crippen LogP contribution in [-0.2, 0) is 11.2 Å². The SMILES string of the molecule is CC(C)(C)C(=O)Cc1ccccc1-c1ccccn1. The third-order valence-corrected chi connectivity index (χ3v) is 3.15. The average molecular weight is 253 g/mol. The number of pyridine rings is 1. The molecule has 0 aliphatic heterocycles. The Morgan fingerprint density at radius 1 is 1.05 bits per heavy atom. The fraction of sp³-hybridized carbons (Fsp3) is 0.294. The van der Waals surface area contributed by atoms with Crippen molar-refractivity contribution in [3.8, 4) is 11.3 Å². The molecule has 0 bridgehead atoms. The van der Waals surface area contributed by atoms with Crippen molar-refractivity contribution in [2.75, 3.05) is 0 Å². The molecule has 2 aromatic rings. The van der Waals surface area contributed by atoms with Gasteiger partial charge in [-0.25, -0.2) is 0 Å². The van der Waals surface area contributed by atoms with Crippen LogP contribution < -0.4 is 0 Å². The molecule has 0 radical (unpaired) electrons. The molecule has 0 aliphatic rings. The molecule has 98 valence electrons. The Bertz CT molecular complexity index is 567. The second-order valence-corrected chi connectivity index (χ2v) is 5.72. The number of rotatable bonds is 3. The first kappa shape index (κ1) is 13.5. The van der Waals surface area contributed by atoms with Gasteiger partial charge < -0.3 is 0 Å². The predicted octanol–water partition coefficient (Wildman–Crippen LogP) is 3.91. The lowest BCUT2D eigenvalue weighted by atomic mass is 9.86. The van der Waals surface area contributed by atoms with E-state index in [1.54, 1.807) is 6.20 Å². The molecule has 19 heavy (non-hydrogen) atoms. The van der Waals surface area contributed by atoms with Crippen LogP contribution in [0.4, 0.5) is 0 Å². The zero-order chi connectivity index (χ0) is 13.9.